The van der Waals surface area contributed by atoms with E-state index in [0.29, 0.717) is 24.0 Å². The zero-order valence-corrected chi connectivity index (χ0v) is 19.0. The standard InChI is InChI=1S/C18H26N4O2S.HI/c1-18(2,3)16-21-13(11-25-16)8-9-20-17(19)22-12-6-7-14(23-4)15(10-12)24-5;/h6-7,10-11H,8-9H2,1-5H3,(H3,19,20,22);1H. The first-order chi connectivity index (χ1) is 11.8. The maximum absolute atomic E-state index is 5.96. The maximum Gasteiger partial charge on any atom is 0.193 e. The highest BCUT2D eigenvalue weighted by atomic mass is 127. The number of halogens is 1. The van der Waals surface area contributed by atoms with E-state index in [1.54, 1.807) is 25.6 Å². The second kappa shape index (κ2) is 9.96. The van der Waals surface area contributed by atoms with Gasteiger partial charge < -0.3 is 20.5 Å². The number of rotatable bonds is 6. The van der Waals surface area contributed by atoms with Gasteiger partial charge in [0.05, 0.1) is 24.9 Å². The van der Waals surface area contributed by atoms with Crippen molar-refractivity contribution < 1.29 is 9.47 Å². The van der Waals surface area contributed by atoms with E-state index >= 15 is 0 Å². The number of aliphatic imine (C=N–C) groups is 1. The number of nitrogens with zero attached hydrogens (tertiary/aromatic N) is 2. The Morgan fingerprint density at radius 1 is 1.23 bits per heavy atom. The molecule has 0 spiro atoms. The summed E-state index contributed by atoms with van der Waals surface area (Å²) in [5.74, 6) is 1.66. The van der Waals surface area contributed by atoms with Crippen molar-refractivity contribution in [2.24, 2.45) is 10.7 Å². The average Bonchev–Trinajstić information content (AvgIpc) is 3.04. The van der Waals surface area contributed by atoms with Gasteiger partial charge in [0.2, 0.25) is 0 Å². The Balaban J connectivity index is 0.00000338. The molecule has 2 rings (SSSR count). The Labute approximate surface area is 176 Å². The molecule has 0 aliphatic heterocycles. The van der Waals surface area contributed by atoms with Crippen molar-refractivity contribution >= 4 is 47.0 Å². The van der Waals surface area contributed by atoms with E-state index in [1.807, 2.05) is 18.2 Å². The summed E-state index contributed by atoms with van der Waals surface area (Å²) in [6, 6.07) is 5.49. The number of methoxy groups -OCH3 is 2. The highest BCUT2D eigenvalue weighted by molar-refractivity contribution is 14.0. The van der Waals surface area contributed by atoms with Gasteiger partial charge in [0.15, 0.2) is 17.5 Å². The van der Waals surface area contributed by atoms with Crippen LogP contribution >= 0.6 is 35.3 Å². The van der Waals surface area contributed by atoms with Crippen LogP contribution in [0.5, 0.6) is 11.5 Å². The van der Waals surface area contributed by atoms with Gasteiger partial charge in [-0.25, -0.2) is 4.98 Å². The fourth-order valence-corrected chi connectivity index (χ4v) is 3.10. The molecule has 2 aromatic rings. The summed E-state index contributed by atoms with van der Waals surface area (Å²) in [5, 5.41) is 6.29. The molecule has 1 aromatic carbocycles. The number of aromatic nitrogens is 1. The summed E-state index contributed by atoms with van der Waals surface area (Å²) in [6.07, 6.45) is 0.765. The van der Waals surface area contributed by atoms with Crippen LogP contribution in [-0.2, 0) is 11.8 Å². The van der Waals surface area contributed by atoms with Gasteiger partial charge in [0.1, 0.15) is 0 Å². The van der Waals surface area contributed by atoms with Gasteiger partial charge in [-0.2, -0.15) is 0 Å². The SMILES string of the molecule is COc1ccc(NC(N)=NCCc2csc(C(C)(C)C)n2)cc1OC.I. The predicted octanol–water partition coefficient (Wildman–Crippen LogP) is 4.05. The third-order valence-corrected chi connectivity index (χ3v) is 4.82. The third kappa shape index (κ3) is 6.31. The largest absolute Gasteiger partial charge is 0.493 e. The van der Waals surface area contributed by atoms with Crippen molar-refractivity contribution in [1.29, 1.82) is 0 Å². The monoisotopic (exact) mass is 490 g/mol. The fourth-order valence-electron chi connectivity index (χ4n) is 2.16. The van der Waals surface area contributed by atoms with Gasteiger partial charge in [0.25, 0.3) is 0 Å². The zero-order chi connectivity index (χ0) is 18.4. The van der Waals surface area contributed by atoms with E-state index < -0.39 is 0 Å². The van der Waals surface area contributed by atoms with E-state index in [1.165, 1.54) is 0 Å². The maximum atomic E-state index is 5.96. The van der Waals surface area contributed by atoms with Crippen LogP contribution in [0.3, 0.4) is 0 Å². The van der Waals surface area contributed by atoms with E-state index in [-0.39, 0.29) is 29.4 Å². The first kappa shape index (κ1) is 22.5. The first-order valence-electron chi connectivity index (χ1n) is 8.07. The Morgan fingerprint density at radius 3 is 2.50 bits per heavy atom. The number of nitrogens with two attached hydrogens (primary N) is 1. The molecule has 6 nitrogen and oxygen atoms in total. The molecule has 0 atom stereocenters. The number of hydrogen-bond donors (Lipinski definition) is 2. The van der Waals surface area contributed by atoms with Gasteiger partial charge in [-0.05, 0) is 12.1 Å². The number of anilines is 1. The van der Waals surface area contributed by atoms with Crippen LogP contribution < -0.4 is 20.5 Å². The van der Waals surface area contributed by atoms with Crippen LogP contribution in [-0.4, -0.2) is 31.7 Å². The van der Waals surface area contributed by atoms with Crippen LogP contribution in [0, 0.1) is 0 Å². The number of ether oxygens (including phenoxy) is 2. The molecule has 3 N–H and O–H groups in total. The predicted molar refractivity (Wildman–Crippen MR) is 120 cm³/mol. The van der Waals surface area contributed by atoms with E-state index in [0.717, 1.165) is 22.8 Å². The van der Waals surface area contributed by atoms with Crippen LogP contribution in [0.2, 0.25) is 0 Å². The van der Waals surface area contributed by atoms with Crippen LogP contribution in [0.25, 0.3) is 0 Å². The number of benzene rings is 1. The molecule has 0 bridgehead atoms. The molecular weight excluding hydrogens is 463 g/mol. The molecule has 0 unspecified atom stereocenters. The first-order valence-corrected chi connectivity index (χ1v) is 8.95. The fraction of sp³-hybridized carbons (Fsp3) is 0.444. The molecular formula is C18H27IN4O2S. The molecule has 26 heavy (non-hydrogen) atoms. The van der Waals surface area contributed by atoms with Gasteiger partial charge in [-0.1, -0.05) is 20.8 Å². The van der Waals surface area contributed by atoms with E-state index in [9.17, 15) is 0 Å². The Kier molecular flexibility index (Phi) is 8.61. The van der Waals surface area contributed by atoms with Gasteiger partial charge in [-0.3, -0.25) is 4.99 Å². The summed E-state index contributed by atoms with van der Waals surface area (Å²) in [6.45, 7) is 7.08. The highest BCUT2D eigenvalue weighted by Gasteiger charge is 2.17. The number of guanidine groups is 1. The summed E-state index contributed by atoms with van der Waals surface area (Å²) < 4.78 is 10.5. The lowest BCUT2D eigenvalue weighted by Crippen LogP contribution is -2.23. The van der Waals surface area contributed by atoms with Crippen molar-refractivity contribution in [2.75, 3.05) is 26.1 Å². The van der Waals surface area contributed by atoms with Crippen molar-refractivity contribution in [2.45, 2.75) is 32.6 Å². The van der Waals surface area contributed by atoms with E-state index in [4.69, 9.17) is 15.2 Å². The topological polar surface area (TPSA) is 81.8 Å². The minimum absolute atomic E-state index is 0. The molecule has 144 valence electrons. The van der Waals surface area contributed by atoms with Crippen molar-refractivity contribution in [3.05, 3.63) is 34.3 Å². The highest BCUT2D eigenvalue weighted by Crippen LogP contribution is 2.29. The van der Waals surface area contributed by atoms with Crippen LogP contribution in [0.1, 0.15) is 31.5 Å². The van der Waals surface area contributed by atoms with Crippen molar-refractivity contribution in [1.82, 2.24) is 4.98 Å². The van der Waals surface area contributed by atoms with Crippen molar-refractivity contribution in [3.8, 4) is 11.5 Å². The Bertz CT molecular complexity index is 741. The number of nitrogens with one attached hydrogen (secondary N) is 1. The molecule has 0 saturated heterocycles. The van der Waals surface area contributed by atoms with Gasteiger partial charge >= 0.3 is 0 Å². The van der Waals surface area contributed by atoms with Gasteiger partial charge in [-0.15, -0.1) is 35.3 Å². The number of hydrogen-bond acceptors (Lipinski definition) is 5. The smallest absolute Gasteiger partial charge is 0.193 e. The molecule has 0 aliphatic carbocycles. The van der Waals surface area contributed by atoms with Crippen LogP contribution in [0.15, 0.2) is 28.6 Å². The summed E-state index contributed by atoms with van der Waals surface area (Å²) in [5.41, 5.74) is 7.89. The molecule has 0 amide bonds. The molecule has 0 radical (unpaired) electrons. The lowest BCUT2D eigenvalue weighted by molar-refractivity contribution is 0.355. The minimum Gasteiger partial charge on any atom is -0.493 e. The van der Waals surface area contributed by atoms with E-state index in [2.05, 4.69) is 41.4 Å². The average molecular weight is 490 g/mol. The zero-order valence-electron chi connectivity index (χ0n) is 15.8. The molecule has 0 aliphatic rings. The number of thiazole rings is 1. The molecule has 1 aromatic heterocycles. The summed E-state index contributed by atoms with van der Waals surface area (Å²) in [7, 11) is 3.20. The second-order valence-corrected chi connectivity index (χ2v) is 7.46. The summed E-state index contributed by atoms with van der Waals surface area (Å²) in [4.78, 5) is 9.02. The quantitative estimate of drug-likeness (QED) is 0.363. The molecule has 1 heterocycles. The molecule has 0 saturated carbocycles. The second-order valence-electron chi connectivity index (χ2n) is 6.61. The van der Waals surface area contributed by atoms with Crippen molar-refractivity contribution in [3.63, 3.8) is 0 Å². The lowest BCUT2D eigenvalue weighted by atomic mass is 9.98. The minimum atomic E-state index is 0. The molecule has 8 heteroatoms. The molecule has 0 fully saturated rings. The normalized spacial score (nSPS) is 11.7. The lowest BCUT2D eigenvalue weighted by Gasteiger charge is -2.13. The van der Waals surface area contributed by atoms with Gasteiger partial charge in [0, 0.05) is 35.5 Å². The Hall–Kier alpha value is -1.55. The summed E-state index contributed by atoms with van der Waals surface area (Å²) >= 11 is 1.69. The van der Waals surface area contributed by atoms with Crippen LogP contribution in [0.4, 0.5) is 5.69 Å². The third-order valence-electron chi connectivity index (χ3n) is 3.50. The Morgan fingerprint density at radius 2 is 1.92 bits per heavy atom.